The molecule has 0 radical (unpaired) electrons. The summed E-state index contributed by atoms with van der Waals surface area (Å²) >= 11 is 0. The van der Waals surface area contributed by atoms with Crippen LogP contribution in [-0.4, -0.2) is 20.6 Å². The van der Waals surface area contributed by atoms with Crippen LogP contribution in [0.2, 0.25) is 0 Å². The number of carboxylic acids is 1. The Morgan fingerprint density at radius 1 is 1.11 bits per heavy atom. The van der Waals surface area contributed by atoms with E-state index in [4.69, 9.17) is 4.74 Å². The maximum Gasteiger partial charge on any atom is 0.343 e. The first kappa shape index (κ1) is 17.7. The highest BCUT2D eigenvalue weighted by molar-refractivity contribution is 6.05. The fraction of sp³-hybridized carbons (Fsp3) is 0.0909. The number of ether oxygens (including phenoxy) is 1. The van der Waals surface area contributed by atoms with Crippen LogP contribution in [0.5, 0.6) is 11.6 Å². The number of nitrogens with zero attached hydrogens (tertiary/aromatic N) is 2. The Hall–Kier alpha value is -3.67. The largest absolute Gasteiger partial charge is 0.477 e. The van der Waals surface area contributed by atoms with E-state index in [0.29, 0.717) is 16.6 Å². The fourth-order valence-electron chi connectivity index (χ4n) is 3.15. The Morgan fingerprint density at radius 3 is 2.57 bits per heavy atom. The van der Waals surface area contributed by atoms with Crippen molar-refractivity contribution in [3.8, 4) is 17.3 Å². The molecule has 140 valence electrons. The number of pyridine rings is 1. The summed E-state index contributed by atoms with van der Waals surface area (Å²) < 4.78 is 21.5. The molecule has 0 aliphatic rings. The van der Waals surface area contributed by atoms with E-state index in [-0.39, 0.29) is 17.2 Å². The van der Waals surface area contributed by atoms with Gasteiger partial charge in [-0.1, -0.05) is 24.3 Å². The van der Waals surface area contributed by atoms with Crippen molar-refractivity contribution in [3.05, 3.63) is 83.3 Å². The molecular weight excluding hydrogens is 359 g/mol. The van der Waals surface area contributed by atoms with Gasteiger partial charge in [-0.3, -0.25) is 9.55 Å². The normalized spacial score (nSPS) is 11.0. The lowest BCUT2D eigenvalue weighted by atomic mass is 10.2. The number of halogens is 1. The van der Waals surface area contributed by atoms with Gasteiger partial charge in [-0.25, -0.2) is 9.18 Å². The van der Waals surface area contributed by atoms with Crippen LogP contribution >= 0.6 is 0 Å². The van der Waals surface area contributed by atoms with Crippen LogP contribution in [0.25, 0.3) is 16.7 Å². The molecule has 0 atom stereocenters. The lowest BCUT2D eigenvalue weighted by Gasteiger charge is -2.14. The molecule has 1 N–H and O–H groups in total. The van der Waals surface area contributed by atoms with E-state index in [1.54, 1.807) is 23.8 Å². The maximum atomic E-state index is 13.8. The lowest BCUT2D eigenvalue weighted by molar-refractivity contribution is 0.0696. The first-order chi connectivity index (χ1) is 13.5. The number of hydrogen-bond acceptors (Lipinski definition) is 3. The molecule has 0 spiro atoms. The summed E-state index contributed by atoms with van der Waals surface area (Å²) in [5.41, 5.74) is 3.14. The van der Waals surface area contributed by atoms with Gasteiger partial charge < -0.3 is 9.84 Å². The maximum absolute atomic E-state index is 13.8. The Balaban J connectivity index is 2.06. The minimum Gasteiger partial charge on any atom is -0.477 e. The van der Waals surface area contributed by atoms with E-state index in [1.165, 1.54) is 12.1 Å². The average molecular weight is 376 g/mol. The molecule has 6 heteroatoms. The van der Waals surface area contributed by atoms with Crippen LogP contribution in [-0.2, 0) is 0 Å². The van der Waals surface area contributed by atoms with Crippen LogP contribution in [0.3, 0.4) is 0 Å². The van der Waals surface area contributed by atoms with Crippen LogP contribution in [0, 0.1) is 19.7 Å². The SMILES string of the molecule is Cc1cnc2c(C(=O)O)c(Oc3cc(F)ccc3C)n(-c3ccccc3)c2c1. The highest BCUT2D eigenvalue weighted by atomic mass is 19.1. The smallest absolute Gasteiger partial charge is 0.343 e. The lowest BCUT2D eigenvalue weighted by Crippen LogP contribution is -2.03. The highest BCUT2D eigenvalue weighted by Gasteiger charge is 2.27. The minimum absolute atomic E-state index is 0.0671. The van der Waals surface area contributed by atoms with E-state index in [2.05, 4.69) is 4.98 Å². The number of aryl methyl sites for hydroxylation is 2. The van der Waals surface area contributed by atoms with Gasteiger partial charge in [0.2, 0.25) is 5.88 Å². The molecule has 0 fully saturated rings. The summed E-state index contributed by atoms with van der Waals surface area (Å²) in [7, 11) is 0. The van der Waals surface area contributed by atoms with Crippen molar-refractivity contribution in [1.82, 2.24) is 9.55 Å². The van der Waals surface area contributed by atoms with Gasteiger partial charge >= 0.3 is 5.97 Å². The second kappa shape index (κ2) is 6.81. The molecule has 0 aliphatic heterocycles. The number of benzene rings is 2. The molecule has 5 nitrogen and oxygen atoms in total. The highest BCUT2D eigenvalue weighted by Crippen LogP contribution is 2.38. The Kier molecular flexibility index (Phi) is 4.31. The molecule has 0 amide bonds. The van der Waals surface area contributed by atoms with Crippen molar-refractivity contribution in [2.24, 2.45) is 0 Å². The van der Waals surface area contributed by atoms with Gasteiger partial charge in [0.05, 0.1) is 5.52 Å². The summed E-state index contributed by atoms with van der Waals surface area (Å²) in [6.07, 6.45) is 1.61. The minimum atomic E-state index is -1.17. The second-order valence-electron chi connectivity index (χ2n) is 6.55. The zero-order valence-electron chi connectivity index (χ0n) is 15.3. The van der Waals surface area contributed by atoms with Gasteiger partial charge in [0.1, 0.15) is 22.6 Å². The number of fused-ring (bicyclic) bond motifs is 1. The van der Waals surface area contributed by atoms with Crippen molar-refractivity contribution in [2.75, 3.05) is 0 Å². The van der Waals surface area contributed by atoms with Crippen LogP contribution in [0.4, 0.5) is 4.39 Å². The fourth-order valence-corrected chi connectivity index (χ4v) is 3.15. The third-order valence-electron chi connectivity index (χ3n) is 4.48. The Bertz CT molecular complexity index is 1200. The molecule has 0 saturated heterocycles. The topological polar surface area (TPSA) is 64.3 Å². The van der Waals surface area contributed by atoms with E-state index in [0.717, 1.165) is 11.3 Å². The molecular formula is C22H17FN2O3. The summed E-state index contributed by atoms with van der Waals surface area (Å²) in [6.45, 7) is 3.65. The van der Waals surface area contributed by atoms with Gasteiger partial charge in [-0.15, -0.1) is 0 Å². The van der Waals surface area contributed by atoms with Gasteiger partial charge in [0, 0.05) is 18.0 Å². The summed E-state index contributed by atoms with van der Waals surface area (Å²) in [4.78, 5) is 16.4. The third kappa shape index (κ3) is 2.99. The predicted octanol–water partition coefficient (Wildman–Crippen LogP) is 5.27. The number of hydrogen-bond donors (Lipinski definition) is 1. The van der Waals surface area contributed by atoms with E-state index in [9.17, 15) is 14.3 Å². The standard InChI is InChI=1S/C22H17FN2O3/c1-13-10-17-20(24-12-13)19(22(26)27)21(25(17)16-6-4-3-5-7-16)28-18-11-15(23)9-8-14(18)2/h3-12H,1-2H3,(H,26,27). The zero-order chi connectivity index (χ0) is 19.8. The molecule has 0 unspecified atom stereocenters. The molecule has 28 heavy (non-hydrogen) atoms. The zero-order valence-corrected chi connectivity index (χ0v) is 15.3. The van der Waals surface area contributed by atoms with Crippen molar-refractivity contribution < 1.29 is 19.0 Å². The van der Waals surface area contributed by atoms with E-state index in [1.807, 2.05) is 43.3 Å². The van der Waals surface area contributed by atoms with Crippen LogP contribution < -0.4 is 4.74 Å². The molecule has 4 aromatic rings. The number of aromatic carboxylic acids is 1. The molecule has 2 aromatic carbocycles. The number of carboxylic acid groups (broad SMARTS) is 1. The first-order valence-corrected chi connectivity index (χ1v) is 8.69. The van der Waals surface area contributed by atoms with Gasteiger partial charge in [-0.05, 0) is 49.2 Å². The van der Waals surface area contributed by atoms with Crippen molar-refractivity contribution in [3.63, 3.8) is 0 Å². The number of para-hydroxylation sites is 1. The van der Waals surface area contributed by atoms with Crippen molar-refractivity contribution in [2.45, 2.75) is 13.8 Å². The molecule has 0 aliphatic carbocycles. The molecule has 4 rings (SSSR count). The number of aromatic nitrogens is 2. The van der Waals surface area contributed by atoms with Gasteiger partial charge in [0.25, 0.3) is 0 Å². The second-order valence-corrected chi connectivity index (χ2v) is 6.55. The number of carbonyl (C=O) groups is 1. The van der Waals surface area contributed by atoms with E-state index < -0.39 is 11.8 Å². The van der Waals surface area contributed by atoms with Gasteiger partial charge in [0.15, 0.2) is 0 Å². The van der Waals surface area contributed by atoms with Crippen LogP contribution in [0.15, 0.2) is 60.8 Å². The molecule has 2 heterocycles. The molecule has 2 aromatic heterocycles. The van der Waals surface area contributed by atoms with E-state index >= 15 is 0 Å². The summed E-state index contributed by atoms with van der Waals surface area (Å²) in [5, 5.41) is 9.89. The van der Waals surface area contributed by atoms with Gasteiger partial charge in [-0.2, -0.15) is 0 Å². The van der Waals surface area contributed by atoms with Crippen molar-refractivity contribution >= 4 is 17.0 Å². The third-order valence-corrected chi connectivity index (χ3v) is 4.48. The average Bonchev–Trinajstić information content (AvgIpc) is 2.98. The van der Waals surface area contributed by atoms with Crippen molar-refractivity contribution in [1.29, 1.82) is 0 Å². The number of rotatable bonds is 4. The Morgan fingerprint density at radius 2 is 1.86 bits per heavy atom. The Labute approximate surface area is 160 Å². The predicted molar refractivity (Wildman–Crippen MR) is 104 cm³/mol. The first-order valence-electron chi connectivity index (χ1n) is 8.69. The van der Waals surface area contributed by atoms with Crippen LogP contribution in [0.1, 0.15) is 21.5 Å². The quantitative estimate of drug-likeness (QED) is 0.527. The molecule has 0 bridgehead atoms. The summed E-state index contributed by atoms with van der Waals surface area (Å²) in [5.74, 6) is -1.30. The molecule has 0 saturated carbocycles. The summed E-state index contributed by atoms with van der Waals surface area (Å²) in [6, 6.07) is 15.3. The monoisotopic (exact) mass is 376 g/mol.